The first-order valence-corrected chi connectivity index (χ1v) is 13.8. The molecule has 2 aromatic carbocycles. The third kappa shape index (κ3) is 7.80. The van der Waals surface area contributed by atoms with Crippen molar-refractivity contribution in [3.63, 3.8) is 0 Å². The lowest BCUT2D eigenvalue weighted by Gasteiger charge is -2.22. The molecular weight excluding hydrogens is 460 g/mol. The Bertz CT molecular complexity index is 1080. The van der Waals surface area contributed by atoms with Gasteiger partial charge >= 0.3 is 0 Å². The summed E-state index contributed by atoms with van der Waals surface area (Å²) in [5, 5.41) is 4.26. The normalized spacial score (nSPS) is 13.5. The summed E-state index contributed by atoms with van der Waals surface area (Å²) in [6.45, 7) is 17.0. The van der Waals surface area contributed by atoms with Crippen LogP contribution in [0.25, 0.3) is 0 Å². The summed E-state index contributed by atoms with van der Waals surface area (Å²) in [5.41, 5.74) is 4.52. The molecule has 1 N–H and O–H groups in total. The van der Waals surface area contributed by atoms with E-state index in [0.29, 0.717) is 29.7 Å². The minimum atomic E-state index is -3.84. The molecule has 0 unspecified atom stereocenters. The van der Waals surface area contributed by atoms with Gasteiger partial charge in [-0.15, -0.1) is 0 Å². The summed E-state index contributed by atoms with van der Waals surface area (Å²) >= 11 is 0. The van der Waals surface area contributed by atoms with Gasteiger partial charge in [0.15, 0.2) is 0 Å². The van der Waals surface area contributed by atoms with E-state index in [1.54, 1.807) is 7.11 Å². The number of hydrogen-bond acceptors (Lipinski definition) is 5. The van der Waals surface area contributed by atoms with Crippen LogP contribution in [0.15, 0.2) is 46.4 Å². The Kier molecular flexibility index (Phi) is 10.3. The molecule has 194 valence electrons. The minimum Gasteiger partial charge on any atom is -0.497 e. The Morgan fingerprint density at radius 3 is 1.91 bits per heavy atom. The number of benzene rings is 2. The average Bonchev–Trinajstić information content (AvgIpc) is 2.81. The van der Waals surface area contributed by atoms with Crippen molar-refractivity contribution in [1.82, 2.24) is 4.83 Å². The molecule has 0 aliphatic heterocycles. The van der Waals surface area contributed by atoms with Gasteiger partial charge in [0, 0.05) is 11.6 Å². The smallest absolute Gasteiger partial charge is 0.277 e. The summed E-state index contributed by atoms with van der Waals surface area (Å²) in [6, 6.07) is 11.8. The highest BCUT2D eigenvalue weighted by Gasteiger charge is 2.27. The van der Waals surface area contributed by atoms with E-state index in [1.165, 1.54) is 0 Å². The van der Waals surface area contributed by atoms with E-state index in [2.05, 4.69) is 23.8 Å². The second-order valence-electron chi connectivity index (χ2n) is 10.1. The Morgan fingerprint density at radius 1 is 0.914 bits per heavy atom. The van der Waals surface area contributed by atoms with Crippen LogP contribution < -0.4 is 9.57 Å². The summed E-state index contributed by atoms with van der Waals surface area (Å²) in [5.74, 6) is 1.20. The lowest BCUT2D eigenvalue weighted by molar-refractivity contribution is 0.108. The van der Waals surface area contributed by atoms with Crippen LogP contribution in [0.4, 0.5) is 0 Å². The number of nitrogens with zero attached hydrogens (tertiary/aromatic N) is 1. The van der Waals surface area contributed by atoms with E-state index in [0.717, 1.165) is 28.0 Å². The topological polar surface area (TPSA) is 77.0 Å². The molecule has 0 heterocycles. The van der Waals surface area contributed by atoms with Gasteiger partial charge in [-0.25, -0.2) is 4.83 Å². The predicted octanol–water partition coefficient (Wildman–Crippen LogP) is 6.57. The molecule has 0 aliphatic rings. The zero-order chi connectivity index (χ0) is 26.3. The zero-order valence-corrected chi connectivity index (χ0v) is 23.5. The quantitative estimate of drug-likeness (QED) is 0.263. The van der Waals surface area contributed by atoms with E-state index in [1.807, 2.05) is 77.9 Å². The van der Waals surface area contributed by atoms with Crippen LogP contribution in [0, 0.1) is 5.92 Å². The summed E-state index contributed by atoms with van der Waals surface area (Å²) in [7, 11) is -2.21. The highest BCUT2D eigenvalue weighted by Crippen LogP contribution is 2.35. The second kappa shape index (κ2) is 12.5. The van der Waals surface area contributed by atoms with Crippen LogP contribution in [0.5, 0.6) is 5.75 Å². The van der Waals surface area contributed by atoms with E-state index in [9.17, 15) is 8.42 Å². The molecule has 0 amide bonds. The van der Waals surface area contributed by atoms with E-state index < -0.39 is 10.0 Å². The molecule has 0 spiro atoms. The number of methoxy groups -OCH3 is 1. The van der Waals surface area contributed by atoms with Gasteiger partial charge in [0.25, 0.3) is 10.0 Å². The third-order valence-electron chi connectivity index (χ3n) is 6.20. The Morgan fingerprint density at radius 2 is 1.46 bits per heavy atom. The van der Waals surface area contributed by atoms with Crippen molar-refractivity contribution >= 4 is 15.7 Å². The van der Waals surface area contributed by atoms with Crippen molar-refractivity contribution in [1.29, 1.82) is 0 Å². The lowest BCUT2D eigenvalue weighted by Crippen LogP contribution is -2.25. The van der Waals surface area contributed by atoms with Crippen molar-refractivity contribution < 1.29 is 17.9 Å². The van der Waals surface area contributed by atoms with Gasteiger partial charge in [-0.3, -0.25) is 0 Å². The number of ether oxygens (including phenoxy) is 2. The van der Waals surface area contributed by atoms with Gasteiger partial charge in [-0.1, -0.05) is 72.7 Å². The Labute approximate surface area is 212 Å². The second-order valence-corrected chi connectivity index (χ2v) is 11.7. The number of sulfonamides is 1. The van der Waals surface area contributed by atoms with E-state index in [-0.39, 0.29) is 17.8 Å². The molecule has 7 heteroatoms. The molecule has 0 saturated heterocycles. The Hall–Kier alpha value is -2.38. The number of rotatable bonds is 12. The molecule has 0 bridgehead atoms. The average molecular weight is 503 g/mol. The maximum Gasteiger partial charge on any atom is 0.277 e. The van der Waals surface area contributed by atoms with Crippen molar-refractivity contribution in [2.75, 3.05) is 13.7 Å². The summed E-state index contributed by atoms with van der Waals surface area (Å²) < 4.78 is 38.0. The summed E-state index contributed by atoms with van der Waals surface area (Å²) in [4.78, 5) is 2.86. The third-order valence-corrected chi connectivity index (χ3v) is 7.54. The molecule has 0 aliphatic carbocycles. The maximum absolute atomic E-state index is 13.5. The molecule has 0 aromatic heterocycles. The number of nitrogens with one attached hydrogen (secondary N) is 1. The highest BCUT2D eigenvalue weighted by molar-refractivity contribution is 7.89. The van der Waals surface area contributed by atoms with Crippen LogP contribution in [-0.4, -0.2) is 27.8 Å². The highest BCUT2D eigenvalue weighted by atomic mass is 32.2. The van der Waals surface area contributed by atoms with E-state index in [4.69, 9.17) is 9.47 Å². The van der Waals surface area contributed by atoms with Gasteiger partial charge in [0.2, 0.25) is 0 Å². The van der Waals surface area contributed by atoms with Crippen LogP contribution in [0.2, 0.25) is 0 Å². The van der Waals surface area contributed by atoms with Gasteiger partial charge in [0.05, 0.1) is 25.2 Å². The fraction of sp³-hybridized carbons (Fsp3) is 0.536. The van der Waals surface area contributed by atoms with Crippen LogP contribution in [0.3, 0.4) is 0 Å². The molecule has 1 atom stereocenters. The molecule has 0 radical (unpaired) electrons. The van der Waals surface area contributed by atoms with Gasteiger partial charge in [0.1, 0.15) is 5.75 Å². The molecule has 0 fully saturated rings. The zero-order valence-electron chi connectivity index (χ0n) is 22.7. The molecule has 2 rings (SSSR count). The minimum absolute atomic E-state index is 0.0478. The van der Waals surface area contributed by atoms with Crippen LogP contribution in [0.1, 0.15) is 95.4 Å². The predicted molar refractivity (Wildman–Crippen MR) is 144 cm³/mol. The van der Waals surface area contributed by atoms with Gasteiger partial charge in [-0.2, -0.15) is 13.5 Å². The van der Waals surface area contributed by atoms with Crippen molar-refractivity contribution in [3.05, 3.63) is 58.7 Å². The largest absolute Gasteiger partial charge is 0.497 e. The van der Waals surface area contributed by atoms with Crippen molar-refractivity contribution in [2.45, 2.75) is 84.6 Å². The number of hydrazone groups is 1. The maximum atomic E-state index is 13.5. The standard InChI is InChI=1S/C28H42N2O4S/c1-18(2)24-14-26(19(3)4)28(27(15-24)20(5)6)35(31,32)30-29-22(8)21(7)16-34-17-23-10-12-25(33-9)13-11-23/h10-15,18-21,30H,16-17H2,1-9H3/b29-22+/t21-/m0/s1. The molecule has 35 heavy (non-hydrogen) atoms. The van der Waals surface area contributed by atoms with Crippen LogP contribution in [-0.2, 0) is 21.4 Å². The molecular formula is C28H42N2O4S. The lowest BCUT2D eigenvalue weighted by atomic mass is 9.89. The van der Waals surface area contributed by atoms with Gasteiger partial charge in [-0.05, 0) is 59.1 Å². The summed E-state index contributed by atoms with van der Waals surface area (Å²) in [6.07, 6.45) is 0. The monoisotopic (exact) mass is 502 g/mol. The first-order chi connectivity index (χ1) is 16.4. The molecule has 0 saturated carbocycles. The molecule has 2 aromatic rings. The van der Waals surface area contributed by atoms with E-state index >= 15 is 0 Å². The number of hydrogen-bond donors (Lipinski definition) is 1. The van der Waals surface area contributed by atoms with Crippen molar-refractivity contribution in [3.8, 4) is 5.75 Å². The fourth-order valence-corrected chi connectivity index (χ4v) is 5.25. The van der Waals surface area contributed by atoms with Gasteiger partial charge < -0.3 is 9.47 Å². The fourth-order valence-electron chi connectivity index (χ4n) is 3.68. The SMILES string of the molecule is COc1ccc(COC[C@H](C)/C(C)=N/NS(=O)(=O)c2c(C(C)C)cc(C(C)C)cc2C(C)C)cc1. The van der Waals surface area contributed by atoms with Crippen LogP contribution >= 0.6 is 0 Å². The Balaban J connectivity index is 2.18. The molecule has 6 nitrogen and oxygen atoms in total. The van der Waals surface area contributed by atoms with Crippen molar-refractivity contribution in [2.24, 2.45) is 11.0 Å². The first kappa shape index (κ1) is 28.9. The first-order valence-electron chi connectivity index (χ1n) is 12.3.